The highest BCUT2D eigenvalue weighted by Gasteiger charge is 2.33. The van der Waals surface area contributed by atoms with Crippen molar-refractivity contribution >= 4 is 16.9 Å². The molecule has 0 bridgehead atoms. The second kappa shape index (κ2) is 8.57. The van der Waals surface area contributed by atoms with Crippen molar-refractivity contribution in [1.29, 1.82) is 0 Å². The molecule has 0 radical (unpaired) electrons. The van der Waals surface area contributed by atoms with Crippen LogP contribution in [-0.2, 0) is 11.3 Å². The molecule has 0 aliphatic carbocycles. The van der Waals surface area contributed by atoms with Gasteiger partial charge in [-0.3, -0.25) is 9.69 Å². The summed E-state index contributed by atoms with van der Waals surface area (Å²) in [7, 11) is 0. The number of ether oxygens (including phenoxy) is 2. The molecule has 1 atom stereocenters. The molecule has 27 heavy (non-hydrogen) atoms. The van der Waals surface area contributed by atoms with E-state index in [-0.39, 0.29) is 23.7 Å². The van der Waals surface area contributed by atoms with Crippen molar-refractivity contribution in [2.24, 2.45) is 0 Å². The Morgan fingerprint density at radius 2 is 1.93 bits per heavy atom. The molecule has 0 fully saturated rings. The molecule has 0 saturated carbocycles. The van der Waals surface area contributed by atoms with Gasteiger partial charge < -0.3 is 14.0 Å². The van der Waals surface area contributed by atoms with Crippen LogP contribution in [0.3, 0.4) is 0 Å². The zero-order valence-corrected chi connectivity index (χ0v) is 16.4. The first-order valence-corrected chi connectivity index (χ1v) is 9.82. The molecule has 0 spiro atoms. The highest BCUT2D eigenvalue weighted by molar-refractivity contribution is 5.96. The molecule has 0 saturated heterocycles. The molecule has 146 valence electrons. The van der Waals surface area contributed by atoms with Gasteiger partial charge in [-0.05, 0) is 45.0 Å². The van der Waals surface area contributed by atoms with Crippen molar-refractivity contribution in [2.75, 3.05) is 26.2 Å². The normalized spacial score (nSPS) is 15.8. The monoisotopic (exact) mass is 372 g/mol. The molecule has 1 aliphatic heterocycles. The quantitative estimate of drug-likeness (QED) is 0.667. The summed E-state index contributed by atoms with van der Waals surface area (Å²) in [5.74, 6) is -0.272. The second-order valence-electron chi connectivity index (χ2n) is 6.90. The van der Waals surface area contributed by atoms with E-state index >= 15 is 0 Å². The molecule has 1 unspecified atom stereocenters. The zero-order chi connectivity index (χ0) is 19.4. The third-order valence-electron chi connectivity index (χ3n) is 4.81. The van der Waals surface area contributed by atoms with Crippen LogP contribution in [0.1, 0.15) is 44.0 Å². The van der Waals surface area contributed by atoms with E-state index in [4.69, 9.17) is 9.47 Å². The Labute approximate surface area is 159 Å². The first kappa shape index (κ1) is 19.4. The van der Waals surface area contributed by atoms with Crippen molar-refractivity contribution < 1.29 is 14.3 Å². The van der Waals surface area contributed by atoms with E-state index in [1.165, 1.54) is 0 Å². The first-order chi connectivity index (χ1) is 13.1. The Morgan fingerprint density at radius 1 is 1.22 bits per heavy atom. The van der Waals surface area contributed by atoms with E-state index in [0.717, 1.165) is 38.0 Å². The van der Waals surface area contributed by atoms with Crippen LogP contribution in [0.5, 0.6) is 5.88 Å². The van der Waals surface area contributed by atoms with Gasteiger partial charge in [-0.25, -0.2) is 4.79 Å². The van der Waals surface area contributed by atoms with E-state index in [9.17, 15) is 9.59 Å². The summed E-state index contributed by atoms with van der Waals surface area (Å²) in [4.78, 5) is 27.8. The van der Waals surface area contributed by atoms with Gasteiger partial charge in [0.05, 0.1) is 18.7 Å². The number of carbonyl (C=O) groups excluding carboxylic acids is 1. The fourth-order valence-corrected chi connectivity index (χ4v) is 3.77. The Balaban J connectivity index is 2.01. The molecule has 2 heterocycles. The molecule has 6 heteroatoms. The van der Waals surface area contributed by atoms with Gasteiger partial charge >= 0.3 is 5.97 Å². The number of benzene rings is 1. The molecule has 1 aliphatic rings. The van der Waals surface area contributed by atoms with E-state index in [2.05, 4.69) is 18.7 Å². The lowest BCUT2D eigenvalue weighted by molar-refractivity contribution is 0.0517. The molecule has 2 aromatic rings. The predicted octanol–water partition coefficient (Wildman–Crippen LogP) is 3.06. The summed E-state index contributed by atoms with van der Waals surface area (Å²) < 4.78 is 13.2. The van der Waals surface area contributed by atoms with E-state index in [1.807, 2.05) is 22.8 Å². The summed E-state index contributed by atoms with van der Waals surface area (Å²) in [6.45, 7) is 9.68. The van der Waals surface area contributed by atoms with Crippen LogP contribution in [0.25, 0.3) is 10.9 Å². The molecule has 3 rings (SSSR count). The number of pyridine rings is 1. The molecule has 1 aromatic carbocycles. The van der Waals surface area contributed by atoms with E-state index < -0.39 is 5.97 Å². The topological polar surface area (TPSA) is 60.8 Å². The summed E-state index contributed by atoms with van der Waals surface area (Å²) in [5, 5.41) is 0.521. The minimum Gasteiger partial charge on any atom is -0.472 e. The van der Waals surface area contributed by atoms with Crippen molar-refractivity contribution in [3.05, 3.63) is 40.1 Å². The van der Waals surface area contributed by atoms with Crippen LogP contribution < -0.4 is 10.2 Å². The average molecular weight is 372 g/mol. The van der Waals surface area contributed by atoms with Gasteiger partial charge in [-0.15, -0.1) is 0 Å². The number of nitrogens with zero attached hydrogens (tertiary/aromatic N) is 2. The number of aromatic nitrogens is 1. The molecule has 0 N–H and O–H groups in total. The lowest BCUT2D eigenvalue weighted by Crippen LogP contribution is -2.36. The maximum absolute atomic E-state index is 12.9. The number of esters is 1. The fraction of sp³-hybridized carbons (Fsp3) is 0.524. The van der Waals surface area contributed by atoms with E-state index in [0.29, 0.717) is 17.8 Å². The second-order valence-corrected chi connectivity index (χ2v) is 6.90. The highest BCUT2D eigenvalue weighted by Crippen LogP contribution is 2.30. The van der Waals surface area contributed by atoms with Crippen LogP contribution in [0, 0.1) is 0 Å². The minimum atomic E-state index is -0.614. The molecule has 1 aromatic heterocycles. The number of hydrogen-bond donors (Lipinski definition) is 0. The largest absolute Gasteiger partial charge is 0.472 e. The standard InChI is InChI=1S/C21H28N2O4/c1-4-11-22(12-5-2)13-15-14-23-17-10-8-7-9-16(17)19(24)18(20(23)27-15)21(25)26-6-3/h7-10,15H,4-6,11-14H2,1-3H3. The van der Waals surface area contributed by atoms with Crippen LogP contribution in [0.4, 0.5) is 0 Å². The van der Waals surface area contributed by atoms with Crippen LogP contribution >= 0.6 is 0 Å². The van der Waals surface area contributed by atoms with Crippen LogP contribution in [-0.4, -0.2) is 47.8 Å². The van der Waals surface area contributed by atoms with Gasteiger partial charge in [-0.2, -0.15) is 0 Å². The van der Waals surface area contributed by atoms with Gasteiger partial charge in [0.2, 0.25) is 11.3 Å². The van der Waals surface area contributed by atoms with Gasteiger partial charge in [0.1, 0.15) is 6.10 Å². The van der Waals surface area contributed by atoms with Gasteiger partial charge in [0, 0.05) is 11.9 Å². The van der Waals surface area contributed by atoms with Crippen molar-refractivity contribution in [1.82, 2.24) is 9.47 Å². The number of carbonyl (C=O) groups is 1. The van der Waals surface area contributed by atoms with Gasteiger partial charge in [0.15, 0.2) is 5.56 Å². The number of fused-ring (bicyclic) bond motifs is 3. The summed E-state index contributed by atoms with van der Waals surface area (Å²) in [5.41, 5.74) is 0.482. The van der Waals surface area contributed by atoms with Crippen LogP contribution in [0.15, 0.2) is 29.1 Å². The first-order valence-electron chi connectivity index (χ1n) is 9.82. The predicted molar refractivity (Wildman–Crippen MR) is 106 cm³/mol. The summed E-state index contributed by atoms with van der Waals surface area (Å²) >= 11 is 0. The molecule has 0 amide bonds. The fourth-order valence-electron chi connectivity index (χ4n) is 3.77. The number of rotatable bonds is 8. The Hall–Kier alpha value is -2.34. The van der Waals surface area contributed by atoms with E-state index in [1.54, 1.807) is 13.0 Å². The van der Waals surface area contributed by atoms with Crippen molar-refractivity contribution in [3.63, 3.8) is 0 Å². The Bertz CT molecular complexity index is 868. The SMILES string of the molecule is CCCN(CCC)CC1Cn2c(c(C(=O)OCC)c(=O)c3ccccc32)O1. The van der Waals surface area contributed by atoms with Gasteiger partial charge in [-0.1, -0.05) is 26.0 Å². The zero-order valence-electron chi connectivity index (χ0n) is 16.4. The molecule has 6 nitrogen and oxygen atoms in total. The average Bonchev–Trinajstić information content (AvgIpc) is 3.06. The third-order valence-corrected chi connectivity index (χ3v) is 4.81. The molecular weight excluding hydrogens is 344 g/mol. The maximum Gasteiger partial charge on any atom is 0.347 e. The third kappa shape index (κ3) is 3.86. The number of hydrogen-bond acceptors (Lipinski definition) is 5. The lowest BCUT2D eigenvalue weighted by atomic mass is 10.1. The van der Waals surface area contributed by atoms with Crippen molar-refractivity contribution in [2.45, 2.75) is 46.3 Å². The lowest BCUT2D eigenvalue weighted by Gasteiger charge is -2.23. The van der Waals surface area contributed by atoms with Crippen molar-refractivity contribution in [3.8, 4) is 5.88 Å². The maximum atomic E-state index is 12.9. The minimum absolute atomic E-state index is 0.00980. The molecular formula is C21H28N2O4. The smallest absolute Gasteiger partial charge is 0.347 e. The van der Waals surface area contributed by atoms with Crippen LogP contribution in [0.2, 0.25) is 0 Å². The number of para-hydroxylation sites is 1. The Morgan fingerprint density at radius 3 is 2.59 bits per heavy atom. The Kier molecular flexibility index (Phi) is 6.16. The summed E-state index contributed by atoms with van der Waals surface area (Å²) in [6.07, 6.45) is 2.06. The highest BCUT2D eigenvalue weighted by atomic mass is 16.5. The summed E-state index contributed by atoms with van der Waals surface area (Å²) in [6, 6.07) is 7.36. The van der Waals surface area contributed by atoms with Gasteiger partial charge in [0.25, 0.3) is 0 Å².